The minimum Gasteiger partial charge on any atom is -0.399 e. The van der Waals surface area contributed by atoms with Crippen LogP contribution >= 0.6 is 0 Å². The maximum Gasteiger partial charge on any atom is 0.494 e. The van der Waals surface area contributed by atoms with E-state index in [-0.39, 0.29) is 18.3 Å². The number of hydrogen-bond acceptors (Lipinski definition) is 4. The lowest BCUT2D eigenvalue weighted by atomic mass is 9.77. The van der Waals surface area contributed by atoms with Gasteiger partial charge < -0.3 is 14.2 Å². The van der Waals surface area contributed by atoms with E-state index in [1.165, 1.54) is 33.4 Å². The molecule has 7 rings (SSSR count). The highest BCUT2D eigenvalue weighted by Crippen LogP contribution is 2.43. The summed E-state index contributed by atoms with van der Waals surface area (Å²) in [5, 5.41) is 0. The molecule has 1 aromatic heterocycles. The second-order valence-electron chi connectivity index (χ2n) is 13.7. The third-order valence-electron chi connectivity index (χ3n) is 9.88. The monoisotopic (exact) mass is 628 g/mol. The van der Waals surface area contributed by atoms with Crippen molar-refractivity contribution in [1.29, 1.82) is 0 Å². The van der Waals surface area contributed by atoms with Crippen molar-refractivity contribution < 1.29 is 9.31 Å². The summed E-state index contributed by atoms with van der Waals surface area (Å²) >= 11 is 0. The van der Waals surface area contributed by atoms with Crippen LogP contribution in [0.1, 0.15) is 38.8 Å². The Hall–Kier alpha value is -4.97. The van der Waals surface area contributed by atoms with Crippen molar-refractivity contribution in [2.24, 2.45) is 0 Å². The quantitative estimate of drug-likeness (QED) is 0.165. The summed E-state index contributed by atoms with van der Waals surface area (Å²) in [6.45, 7) is 12.7. The van der Waals surface area contributed by atoms with Gasteiger partial charge in [0.15, 0.2) is 0 Å². The Morgan fingerprint density at radius 3 is 1.79 bits per heavy atom. The van der Waals surface area contributed by atoms with Crippen LogP contribution in [0.4, 0.5) is 17.1 Å². The lowest BCUT2D eigenvalue weighted by Gasteiger charge is -2.32. The highest BCUT2D eigenvalue weighted by Gasteiger charge is 2.51. The van der Waals surface area contributed by atoms with E-state index in [0.29, 0.717) is 0 Å². The van der Waals surface area contributed by atoms with Crippen LogP contribution in [0.2, 0.25) is 0 Å². The summed E-state index contributed by atoms with van der Waals surface area (Å²) < 4.78 is 12.7. The van der Waals surface area contributed by atoms with Crippen LogP contribution < -0.4 is 10.4 Å². The zero-order valence-electron chi connectivity index (χ0n) is 28.6. The second-order valence-corrected chi connectivity index (χ2v) is 13.7. The predicted octanol–water partition coefficient (Wildman–Crippen LogP) is 10.5. The minimum absolute atomic E-state index is 0.374. The molecule has 0 N–H and O–H groups in total. The largest absolute Gasteiger partial charge is 0.494 e. The van der Waals surface area contributed by atoms with Crippen molar-refractivity contribution in [3.05, 3.63) is 151 Å². The molecule has 1 saturated heterocycles. The number of benzene rings is 5. The molecule has 0 radical (unpaired) electrons. The zero-order chi connectivity index (χ0) is 33.5. The van der Waals surface area contributed by atoms with Crippen molar-refractivity contribution >= 4 is 29.6 Å². The zero-order valence-corrected chi connectivity index (χ0v) is 28.6. The standard InChI is InChI=1S/C43H41BN2O2/c1-30-27-35(44-47-42(3,4)43(5,6)48-44)20-24-38(30)39-25-23-37(28-31(39)2)46(36-21-18-32(19-22-36)34-15-12-26-45-29-34)41-17-11-10-16-40(41)33-13-8-7-9-14-33/h7-29H,1-6H3. The van der Waals surface area contributed by atoms with E-state index in [4.69, 9.17) is 9.31 Å². The number of nitrogens with zero attached hydrogens (tertiary/aromatic N) is 2. The number of aryl methyl sites for hydroxylation is 2. The summed E-state index contributed by atoms with van der Waals surface area (Å²) in [5.74, 6) is 0. The fraction of sp³-hybridized carbons (Fsp3) is 0.186. The fourth-order valence-electron chi connectivity index (χ4n) is 6.50. The number of hydrogen-bond donors (Lipinski definition) is 0. The molecule has 1 aliphatic rings. The van der Waals surface area contributed by atoms with E-state index >= 15 is 0 Å². The molecule has 0 spiro atoms. The average molecular weight is 629 g/mol. The van der Waals surface area contributed by atoms with Gasteiger partial charge in [-0.3, -0.25) is 4.98 Å². The normalized spacial score (nSPS) is 15.0. The molecule has 5 aromatic carbocycles. The van der Waals surface area contributed by atoms with Gasteiger partial charge in [-0.25, -0.2) is 0 Å². The summed E-state index contributed by atoms with van der Waals surface area (Å²) in [5.41, 5.74) is 13.0. The maximum atomic E-state index is 6.34. The molecule has 6 aromatic rings. The molecule has 0 bridgehead atoms. The van der Waals surface area contributed by atoms with E-state index in [0.717, 1.165) is 33.7 Å². The van der Waals surface area contributed by atoms with Crippen LogP contribution in [0.3, 0.4) is 0 Å². The Bertz CT molecular complexity index is 2040. The van der Waals surface area contributed by atoms with Crippen LogP contribution in [-0.4, -0.2) is 23.3 Å². The van der Waals surface area contributed by atoms with E-state index in [9.17, 15) is 0 Å². The predicted molar refractivity (Wildman–Crippen MR) is 200 cm³/mol. The lowest BCUT2D eigenvalue weighted by Crippen LogP contribution is -2.41. The van der Waals surface area contributed by atoms with Crippen molar-refractivity contribution in [2.45, 2.75) is 52.7 Å². The van der Waals surface area contributed by atoms with Gasteiger partial charge in [0.25, 0.3) is 0 Å². The Kier molecular flexibility index (Phi) is 8.28. The van der Waals surface area contributed by atoms with Gasteiger partial charge in [0.2, 0.25) is 0 Å². The summed E-state index contributed by atoms with van der Waals surface area (Å²) in [6, 6.07) is 45.4. The van der Waals surface area contributed by atoms with Gasteiger partial charge in [-0.2, -0.15) is 0 Å². The number of aromatic nitrogens is 1. The first kappa shape index (κ1) is 31.6. The van der Waals surface area contributed by atoms with E-state index in [1.54, 1.807) is 0 Å². The van der Waals surface area contributed by atoms with Gasteiger partial charge in [0.1, 0.15) is 0 Å². The molecule has 4 nitrogen and oxygen atoms in total. The van der Waals surface area contributed by atoms with Crippen molar-refractivity contribution in [3.63, 3.8) is 0 Å². The molecule has 1 fully saturated rings. The van der Waals surface area contributed by atoms with Gasteiger partial charge in [-0.1, -0.05) is 91.0 Å². The van der Waals surface area contributed by atoms with Crippen molar-refractivity contribution in [3.8, 4) is 33.4 Å². The van der Waals surface area contributed by atoms with Gasteiger partial charge in [-0.15, -0.1) is 0 Å². The van der Waals surface area contributed by atoms with E-state index < -0.39 is 0 Å². The molecule has 48 heavy (non-hydrogen) atoms. The van der Waals surface area contributed by atoms with Gasteiger partial charge in [-0.05, 0) is 122 Å². The van der Waals surface area contributed by atoms with Crippen LogP contribution in [0.15, 0.2) is 140 Å². The Labute approximate surface area is 285 Å². The number of para-hydroxylation sites is 1. The van der Waals surface area contributed by atoms with E-state index in [1.807, 2.05) is 18.5 Å². The Balaban J connectivity index is 1.28. The molecule has 0 unspecified atom stereocenters. The van der Waals surface area contributed by atoms with E-state index in [2.05, 4.69) is 173 Å². The molecule has 0 atom stereocenters. The molecule has 0 saturated carbocycles. The summed E-state index contributed by atoms with van der Waals surface area (Å²) in [4.78, 5) is 6.68. The first-order chi connectivity index (χ1) is 23.1. The number of rotatable bonds is 7. The average Bonchev–Trinajstić information content (AvgIpc) is 3.32. The number of pyridine rings is 1. The third-order valence-corrected chi connectivity index (χ3v) is 9.88. The highest BCUT2D eigenvalue weighted by atomic mass is 16.7. The third kappa shape index (κ3) is 5.96. The second kappa shape index (κ2) is 12.6. The van der Waals surface area contributed by atoms with Gasteiger partial charge in [0, 0.05) is 29.3 Å². The molecule has 1 aliphatic heterocycles. The van der Waals surface area contributed by atoms with Gasteiger partial charge in [0.05, 0.1) is 16.9 Å². The highest BCUT2D eigenvalue weighted by molar-refractivity contribution is 6.62. The summed E-state index contributed by atoms with van der Waals surface area (Å²) in [7, 11) is -0.381. The molecular formula is C43H41BN2O2. The SMILES string of the molecule is Cc1cc(B2OC(C)(C)C(C)(C)O2)ccc1-c1ccc(N(c2ccc(-c3cccnc3)cc2)c2ccccc2-c2ccccc2)cc1C. The lowest BCUT2D eigenvalue weighted by molar-refractivity contribution is 0.00578. The summed E-state index contributed by atoms with van der Waals surface area (Å²) in [6.07, 6.45) is 3.71. The Morgan fingerprint density at radius 2 is 1.15 bits per heavy atom. The fourth-order valence-corrected chi connectivity index (χ4v) is 6.50. The minimum atomic E-state index is -0.381. The Morgan fingerprint density at radius 1 is 0.542 bits per heavy atom. The molecule has 0 aliphatic carbocycles. The maximum absolute atomic E-state index is 6.34. The van der Waals surface area contributed by atoms with Crippen molar-refractivity contribution in [1.82, 2.24) is 4.98 Å². The van der Waals surface area contributed by atoms with Crippen LogP contribution in [0.5, 0.6) is 0 Å². The molecule has 0 amide bonds. The first-order valence-electron chi connectivity index (χ1n) is 16.6. The van der Waals surface area contributed by atoms with Crippen LogP contribution in [-0.2, 0) is 9.31 Å². The number of anilines is 3. The molecular weight excluding hydrogens is 587 g/mol. The van der Waals surface area contributed by atoms with Crippen LogP contribution in [0.25, 0.3) is 33.4 Å². The van der Waals surface area contributed by atoms with Gasteiger partial charge >= 0.3 is 7.12 Å². The van der Waals surface area contributed by atoms with Crippen molar-refractivity contribution in [2.75, 3.05) is 4.90 Å². The van der Waals surface area contributed by atoms with Crippen LogP contribution in [0, 0.1) is 13.8 Å². The first-order valence-corrected chi connectivity index (χ1v) is 16.6. The molecule has 238 valence electrons. The smallest absolute Gasteiger partial charge is 0.399 e. The molecule has 2 heterocycles. The topological polar surface area (TPSA) is 34.6 Å². The molecule has 5 heteroatoms.